The Kier molecular flexibility index (Phi) is 6.34. The van der Waals surface area contributed by atoms with Crippen molar-refractivity contribution >= 4 is 11.6 Å². The fourth-order valence-corrected chi connectivity index (χ4v) is 5.14. The molecule has 1 amide bonds. The number of piperidine rings is 1. The van der Waals surface area contributed by atoms with Gasteiger partial charge in [-0.05, 0) is 70.2 Å². The first-order chi connectivity index (χ1) is 14.1. The van der Waals surface area contributed by atoms with E-state index >= 15 is 0 Å². The van der Waals surface area contributed by atoms with E-state index in [1.54, 1.807) is 6.20 Å². The van der Waals surface area contributed by atoms with Crippen molar-refractivity contribution in [2.24, 2.45) is 0 Å². The molecule has 0 bridgehead atoms. The Labute approximate surface area is 174 Å². The summed E-state index contributed by atoms with van der Waals surface area (Å²) < 4.78 is 0. The van der Waals surface area contributed by atoms with E-state index in [-0.39, 0.29) is 11.8 Å². The Morgan fingerprint density at radius 3 is 2.55 bits per heavy atom. The number of carbonyl (C=O) groups is 1. The lowest BCUT2D eigenvalue weighted by atomic mass is 9.89. The Balaban J connectivity index is 1.35. The minimum atomic E-state index is -0.175. The van der Waals surface area contributed by atoms with Crippen molar-refractivity contribution in [1.29, 1.82) is 0 Å². The lowest BCUT2D eigenvalue weighted by molar-refractivity contribution is -0.120. The van der Waals surface area contributed by atoms with Crippen LogP contribution < -0.4 is 4.90 Å². The third-order valence-electron chi connectivity index (χ3n) is 6.82. The minimum Gasteiger partial charge on any atom is -0.312 e. The highest BCUT2D eigenvalue weighted by Gasteiger charge is 2.34. The summed E-state index contributed by atoms with van der Waals surface area (Å²) in [7, 11) is 0. The van der Waals surface area contributed by atoms with Crippen molar-refractivity contribution in [1.82, 2.24) is 15.1 Å². The van der Waals surface area contributed by atoms with Crippen molar-refractivity contribution in [2.45, 2.75) is 76.8 Å². The van der Waals surface area contributed by atoms with E-state index in [0.717, 1.165) is 37.2 Å². The Morgan fingerprint density at radius 2 is 1.79 bits per heavy atom. The van der Waals surface area contributed by atoms with Gasteiger partial charge in [0.15, 0.2) is 0 Å². The first-order valence-electron chi connectivity index (χ1n) is 11.3. The number of fused-ring (bicyclic) bond motifs is 1. The second kappa shape index (κ2) is 9.12. The van der Waals surface area contributed by atoms with Crippen LogP contribution in [0.5, 0.6) is 0 Å². The Bertz CT molecular complexity index is 793. The number of benzene rings is 1. The average molecular weight is 395 g/mol. The maximum atomic E-state index is 13.2. The highest BCUT2D eigenvalue weighted by molar-refractivity contribution is 6.00. The number of rotatable bonds is 7. The molecule has 29 heavy (non-hydrogen) atoms. The van der Waals surface area contributed by atoms with E-state index < -0.39 is 0 Å². The van der Waals surface area contributed by atoms with Crippen molar-refractivity contribution in [3.63, 3.8) is 0 Å². The number of likely N-dealkylation sites (tertiary alicyclic amines) is 1. The molecule has 0 spiro atoms. The van der Waals surface area contributed by atoms with Crippen LogP contribution in [-0.4, -0.2) is 46.2 Å². The summed E-state index contributed by atoms with van der Waals surface area (Å²) in [5.74, 6) is 0.0141. The number of carbonyl (C=O) groups excluding carboxylic acids is 1. The molecule has 1 aromatic carbocycles. The molecule has 1 aromatic heterocycles. The zero-order valence-corrected chi connectivity index (χ0v) is 17.8. The molecular formula is C24H34N4O. The molecule has 0 aliphatic carbocycles. The van der Waals surface area contributed by atoms with Crippen LogP contribution in [0.1, 0.15) is 69.5 Å². The number of unbranched alkanes of at least 4 members (excludes halogenated alkanes) is 2. The summed E-state index contributed by atoms with van der Waals surface area (Å²) in [5, 5.41) is 7.15. The topological polar surface area (TPSA) is 52.2 Å². The molecule has 1 saturated heterocycles. The van der Waals surface area contributed by atoms with Crippen LogP contribution in [-0.2, 0) is 11.2 Å². The molecule has 2 aliphatic heterocycles. The number of aromatic nitrogens is 2. The fraction of sp³-hybridized carbons (Fsp3) is 0.583. The number of H-pyrrole nitrogens is 1. The summed E-state index contributed by atoms with van der Waals surface area (Å²) in [6, 6.07) is 11.7. The zero-order chi connectivity index (χ0) is 20.2. The Hall–Kier alpha value is -2.14. The summed E-state index contributed by atoms with van der Waals surface area (Å²) in [4.78, 5) is 17.9. The van der Waals surface area contributed by atoms with Gasteiger partial charge in [0.25, 0.3) is 0 Å². The molecule has 3 atom stereocenters. The van der Waals surface area contributed by atoms with E-state index in [0.29, 0.717) is 12.1 Å². The van der Waals surface area contributed by atoms with Gasteiger partial charge in [-0.25, -0.2) is 0 Å². The average Bonchev–Trinajstić information content (AvgIpc) is 3.25. The largest absolute Gasteiger partial charge is 0.312 e. The van der Waals surface area contributed by atoms with E-state index in [1.807, 2.05) is 17.0 Å². The normalized spacial score (nSPS) is 25.2. The molecule has 0 saturated carbocycles. The minimum absolute atomic E-state index is 0.175. The number of amides is 1. The molecule has 4 rings (SSSR count). The monoisotopic (exact) mass is 394 g/mol. The van der Waals surface area contributed by atoms with Gasteiger partial charge in [-0.15, -0.1) is 0 Å². The Morgan fingerprint density at radius 1 is 1.03 bits per heavy atom. The molecule has 1 unspecified atom stereocenters. The highest BCUT2D eigenvalue weighted by Crippen LogP contribution is 2.35. The molecule has 5 heteroatoms. The highest BCUT2D eigenvalue weighted by atomic mass is 16.2. The molecular weight excluding hydrogens is 360 g/mol. The first-order valence-corrected chi connectivity index (χ1v) is 11.3. The third-order valence-corrected chi connectivity index (χ3v) is 6.82. The standard InChI is InChI=1S/C24H34N4O/c1-18-9-8-10-19(2)27(18)15-6-3-7-16-28-23-12-5-4-11-20(23)17-21(24(28)29)22-13-14-25-26-22/h4-5,11-14,18-19,21H,3,6-10,15-17H2,1-2H3,(H,25,26)/t18-,19+,21?. The maximum Gasteiger partial charge on any atom is 0.236 e. The number of nitrogens with zero attached hydrogens (tertiary/aromatic N) is 3. The number of hydrogen-bond acceptors (Lipinski definition) is 3. The van der Waals surface area contributed by atoms with Gasteiger partial charge in [0.2, 0.25) is 5.91 Å². The molecule has 5 nitrogen and oxygen atoms in total. The van der Waals surface area contributed by atoms with Crippen molar-refractivity contribution in [3.05, 3.63) is 47.8 Å². The predicted molar refractivity (Wildman–Crippen MR) is 117 cm³/mol. The van der Waals surface area contributed by atoms with E-state index in [1.165, 1.54) is 37.8 Å². The van der Waals surface area contributed by atoms with E-state index in [9.17, 15) is 4.79 Å². The van der Waals surface area contributed by atoms with Gasteiger partial charge in [-0.1, -0.05) is 31.0 Å². The van der Waals surface area contributed by atoms with Crippen LogP contribution in [0.4, 0.5) is 5.69 Å². The van der Waals surface area contributed by atoms with Crippen LogP contribution in [0.15, 0.2) is 36.5 Å². The lowest BCUT2D eigenvalue weighted by Crippen LogP contribution is -2.44. The summed E-state index contributed by atoms with van der Waals surface area (Å²) in [5.41, 5.74) is 3.18. The van der Waals surface area contributed by atoms with E-state index in [4.69, 9.17) is 0 Å². The molecule has 156 valence electrons. The van der Waals surface area contributed by atoms with Crippen LogP contribution in [0.3, 0.4) is 0 Å². The zero-order valence-electron chi connectivity index (χ0n) is 17.8. The number of aromatic amines is 1. The fourth-order valence-electron chi connectivity index (χ4n) is 5.14. The molecule has 2 aromatic rings. The van der Waals surface area contributed by atoms with Gasteiger partial charge in [-0.3, -0.25) is 14.8 Å². The summed E-state index contributed by atoms with van der Waals surface area (Å²) >= 11 is 0. The van der Waals surface area contributed by atoms with Crippen LogP contribution >= 0.6 is 0 Å². The van der Waals surface area contributed by atoms with E-state index in [2.05, 4.69) is 47.1 Å². The maximum absolute atomic E-state index is 13.2. The number of nitrogens with one attached hydrogen (secondary N) is 1. The second-order valence-corrected chi connectivity index (χ2v) is 8.80. The van der Waals surface area contributed by atoms with Crippen LogP contribution in [0, 0.1) is 0 Å². The van der Waals surface area contributed by atoms with Gasteiger partial charge >= 0.3 is 0 Å². The summed E-state index contributed by atoms with van der Waals surface area (Å²) in [6.07, 6.45) is 9.99. The van der Waals surface area contributed by atoms with Gasteiger partial charge < -0.3 is 4.90 Å². The summed E-state index contributed by atoms with van der Waals surface area (Å²) in [6.45, 7) is 6.72. The smallest absolute Gasteiger partial charge is 0.236 e. The van der Waals surface area contributed by atoms with Gasteiger partial charge in [0.05, 0.1) is 11.6 Å². The number of hydrogen-bond donors (Lipinski definition) is 1. The van der Waals surface area contributed by atoms with Crippen molar-refractivity contribution in [3.8, 4) is 0 Å². The molecule has 3 heterocycles. The van der Waals surface area contributed by atoms with Crippen LogP contribution in [0.2, 0.25) is 0 Å². The van der Waals surface area contributed by atoms with Crippen molar-refractivity contribution in [2.75, 3.05) is 18.0 Å². The molecule has 2 aliphatic rings. The first kappa shape index (κ1) is 20.1. The quantitative estimate of drug-likeness (QED) is 0.703. The second-order valence-electron chi connectivity index (χ2n) is 8.80. The SMILES string of the molecule is C[C@@H]1CCC[C@H](C)N1CCCCCN1C(=O)C(c2cc[nH]n2)Cc2ccccc21. The van der Waals surface area contributed by atoms with Crippen LogP contribution in [0.25, 0.3) is 0 Å². The van der Waals surface area contributed by atoms with Gasteiger partial charge in [-0.2, -0.15) is 5.10 Å². The molecule has 1 N–H and O–H groups in total. The number of anilines is 1. The van der Waals surface area contributed by atoms with Crippen molar-refractivity contribution < 1.29 is 4.79 Å². The van der Waals surface area contributed by atoms with Gasteiger partial charge in [0, 0.05) is 30.5 Å². The predicted octanol–water partition coefficient (Wildman–Crippen LogP) is 4.52. The third kappa shape index (κ3) is 4.40. The molecule has 1 fully saturated rings. The van der Waals surface area contributed by atoms with Gasteiger partial charge in [0.1, 0.15) is 0 Å². The number of para-hydroxylation sites is 1. The lowest BCUT2D eigenvalue weighted by Gasteiger charge is -2.39. The molecule has 0 radical (unpaired) electrons.